The third kappa shape index (κ3) is 1.92. The van der Waals surface area contributed by atoms with Crippen LogP contribution in [0, 0.1) is 0 Å². The van der Waals surface area contributed by atoms with Crippen LogP contribution < -0.4 is 0 Å². The average molecular weight is 157 g/mol. The van der Waals surface area contributed by atoms with Crippen LogP contribution in [-0.2, 0) is 9.47 Å². The molecule has 2 saturated heterocycles. The van der Waals surface area contributed by atoms with Crippen molar-refractivity contribution in [2.45, 2.75) is 19.1 Å². The lowest BCUT2D eigenvalue weighted by molar-refractivity contribution is -0.0511. The zero-order valence-electron chi connectivity index (χ0n) is 6.95. The summed E-state index contributed by atoms with van der Waals surface area (Å²) in [7, 11) is 0. The molecular weight excluding hydrogens is 142 g/mol. The van der Waals surface area contributed by atoms with Gasteiger partial charge in [-0.25, -0.2) is 0 Å². The van der Waals surface area contributed by atoms with Crippen LogP contribution in [-0.4, -0.2) is 50.0 Å². The molecule has 2 aliphatic heterocycles. The van der Waals surface area contributed by atoms with Crippen molar-refractivity contribution in [1.82, 2.24) is 4.90 Å². The quantitative estimate of drug-likeness (QED) is 0.541. The first-order valence-electron chi connectivity index (χ1n) is 4.34. The second kappa shape index (κ2) is 3.09. The Kier molecular flexibility index (Phi) is 2.11. The van der Waals surface area contributed by atoms with E-state index < -0.39 is 0 Å². The third-order valence-corrected chi connectivity index (χ3v) is 2.19. The molecule has 0 aliphatic carbocycles. The molecule has 3 nitrogen and oxygen atoms in total. The Hall–Kier alpha value is -0.120. The fourth-order valence-electron chi connectivity index (χ4n) is 1.47. The van der Waals surface area contributed by atoms with Gasteiger partial charge >= 0.3 is 0 Å². The van der Waals surface area contributed by atoms with Crippen LogP contribution in [0.1, 0.15) is 6.92 Å². The fraction of sp³-hybridized carbons (Fsp3) is 1.00. The van der Waals surface area contributed by atoms with Crippen LogP contribution in [0.5, 0.6) is 0 Å². The van der Waals surface area contributed by atoms with Gasteiger partial charge in [0.25, 0.3) is 0 Å². The maximum absolute atomic E-state index is 5.43. The lowest BCUT2D eigenvalue weighted by Gasteiger charge is -2.38. The average Bonchev–Trinajstić information content (AvgIpc) is 2.67. The Bertz CT molecular complexity index is 130. The molecule has 0 radical (unpaired) electrons. The monoisotopic (exact) mass is 157 g/mol. The normalized spacial score (nSPS) is 31.9. The number of likely N-dealkylation sites (tertiary alicyclic amines) is 1. The molecule has 2 fully saturated rings. The smallest absolute Gasteiger partial charge is 0.0936 e. The fourth-order valence-corrected chi connectivity index (χ4v) is 1.47. The molecule has 0 aromatic heterocycles. The van der Waals surface area contributed by atoms with E-state index in [2.05, 4.69) is 4.90 Å². The van der Waals surface area contributed by atoms with Gasteiger partial charge < -0.3 is 9.47 Å². The molecule has 0 aromatic rings. The van der Waals surface area contributed by atoms with Crippen molar-refractivity contribution in [2.75, 3.05) is 32.8 Å². The van der Waals surface area contributed by atoms with Gasteiger partial charge in [0.15, 0.2) is 0 Å². The molecule has 2 aliphatic rings. The summed E-state index contributed by atoms with van der Waals surface area (Å²) in [6, 6.07) is 0. The molecule has 0 bridgehead atoms. The van der Waals surface area contributed by atoms with Crippen LogP contribution in [0.2, 0.25) is 0 Å². The van der Waals surface area contributed by atoms with Crippen molar-refractivity contribution in [3.05, 3.63) is 0 Å². The van der Waals surface area contributed by atoms with Gasteiger partial charge in [-0.2, -0.15) is 0 Å². The van der Waals surface area contributed by atoms with Crippen LogP contribution in [0.15, 0.2) is 0 Å². The molecule has 0 N–H and O–H groups in total. The van der Waals surface area contributed by atoms with Gasteiger partial charge in [-0.05, 0) is 6.92 Å². The second-order valence-corrected chi connectivity index (χ2v) is 3.25. The highest BCUT2D eigenvalue weighted by atomic mass is 16.6. The minimum absolute atomic E-state index is 0.499. The molecule has 0 saturated carbocycles. The number of nitrogens with zero attached hydrogens (tertiary/aromatic N) is 1. The van der Waals surface area contributed by atoms with Gasteiger partial charge in [0.1, 0.15) is 0 Å². The second-order valence-electron chi connectivity index (χ2n) is 3.25. The number of ether oxygens (including phenoxy) is 2. The molecular formula is C8H15NO2. The Morgan fingerprint density at radius 1 is 1.55 bits per heavy atom. The minimum atomic E-state index is 0.499. The predicted octanol–water partition coefficient (Wildman–Crippen LogP) is 0.106. The Balaban J connectivity index is 1.56. The molecule has 1 atom stereocenters. The van der Waals surface area contributed by atoms with Crippen LogP contribution in [0.4, 0.5) is 0 Å². The van der Waals surface area contributed by atoms with E-state index in [0.29, 0.717) is 12.2 Å². The van der Waals surface area contributed by atoms with E-state index in [-0.39, 0.29) is 0 Å². The summed E-state index contributed by atoms with van der Waals surface area (Å²) in [5.41, 5.74) is 0. The van der Waals surface area contributed by atoms with Crippen LogP contribution in [0.3, 0.4) is 0 Å². The van der Waals surface area contributed by atoms with Crippen molar-refractivity contribution in [1.29, 1.82) is 0 Å². The summed E-state index contributed by atoms with van der Waals surface area (Å²) >= 11 is 0. The molecule has 0 unspecified atom stereocenters. The first-order chi connectivity index (χ1) is 5.38. The van der Waals surface area contributed by atoms with E-state index in [1.165, 1.54) is 0 Å². The molecule has 0 amide bonds. The molecule has 0 aromatic carbocycles. The molecule has 64 valence electrons. The van der Waals surface area contributed by atoms with Crippen molar-refractivity contribution >= 4 is 0 Å². The highest BCUT2D eigenvalue weighted by Crippen LogP contribution is 2.17. The molecule has 2 heterocycles. The minimum Gasteiger partial charge on any atom is -0.376 e. The summed E-state index contributed by atoms with van der Waals surface area (Å²) in [6.07, 6.45) is 1.04. The molecule has 2 rings (SSSR count). The van der Waals surface area contributed by atoms with Gasteiger partial charge in [0, 0.05) is 26.2 Å². The topological polar surface area (TPSA) is 25.0 Å². The first kappa shape index (κ1) is 7.53. The predicted molar refractivity (Wildman–Crippen MR) is 41.6 cm³/mol. The van der Waals surface area contributed by atoms with E-state index >= 15 is 0 Å². The zero-order valence-corrected chi connectivity index (χ0v) is 6.95. The standard InChI is InChI=1S/C8H15NO2/c1-2-10-7-3-9(4-7)5-8-6-11-8/h7-8H,2-6H2,1H3/t8-/m0/s1. The van der Waals surface area contributed by atoms with Crippen LogP contribution in [0.25, 0.3) is 0 Å². The number of hydrogen-bond donors (Lipinski definition) is 0. The van der Waals surface area contributed by atoms with Gasteiger partial charge in [-0.1, -0.05) is 0 Å². The number of hydrogen-bond acceptors (Lipinski definition) is 3. The van der Waals surface area contributed by atoms with Gasteiger partial charge in [0.05, 0.1) is 18.8 Å². The Morgan fingerprint density at radius 3 is 2.82 bits per heavy atom. The third-order valence-electron chi connectivity index (χ3n) is 2.19. The van der Waals surface area contributed by atoms with E-state index in [0.717, 1.165) is 32.8 Å². The highest BCUT2D eigenvalue weighted by Gasteiger charge is 2.33. The maximum Gasteiger partial charge on any atom is 0.0936 e. The summed E-state index contributed by atoms with van der Waals surface area (Å²) in [5, 5.41) is 0. The van der Waals surface area contributed by atoms with Crippen molar-refractivity contribution in [3.8, 4) is 0 Å². The molecule has 0 spiro atoms. The molecule has 3 heteroatoms. The SMILES string of the molecule is CCOC1CN(C[C@H]2CO2)C1. The lowest BCUT2D eigenvalue weighted by atomic mass is 10.1. The largest absolute Gasteiger partial charge is 0.376 e. The summed E-state index contributed by atoms with van der Waals surface area (Å²) in [5.74, 6) is 0. The first-order valence-corrected chi connectivity index (χ1v) is 4.34. The summed E-state index contributed by atoms with van der Waals surface area (Å²) < 4.78 is 10.6. The number of epoxide rings is 1. The van der Waals surface area contributed by atoms with Crippen molar-refractivity contribution in [2.24, 2.45) is 0 Å². The van der Waals surface area contributed by atoms with E-state index in [9.17, 15) is 0 Å². The maximum atomic E-state index is 5.43. The zero-order chi connectivity index (χ0) is 7.68. The molecule has 11 heavy (non-hydrogen) atoms. The van der Waals surface area contributed by atoms with Gasteiger partial charge in [-0.3, -0.25) is 4.90 Å². The van der Waals surface area contributed by atoms with Gasteiger partial charge in [0.2, 0.25) is 0 Å². The van der Waals surface area contributed by atoms with E-state index in [1.807, 2.05) is 6.92 Å². The summed E-state index contributed by atoms with van der Waals surface area (Å²) in [4.78, 5) is 2.39. The Labute approximate surface area is 67.3 Å². The number of rotatable bonds is 4. The summed E-state index contributed by atoms with van der Waals surface area (Å²) in [6.45, 7) is 7.19. The van der Waals surface area contributed by atoms with Crippen molar-refractivity contribution < 1.29 is 9.47 Å². The highest BCUT2D eigenvalue weighted by molar-refractivity contribution is 4.85. The Morgan fingerprint density at radius 2 is 2.27 bits per heavy atom. The lowest BCUT2D eigenvalue weighted by Crippen LogP contribution is -2.53. The van der Waals surface area contributed by atoms with Gasteiger partial charge in [-0.15, -0.1) is 0 Å². The van der Waals surface area contributed by atoms with Crippen molar-refractivity contribution in [3.63, 3.8) is 0 Å². The van der Waals surface area contributed by atoms with Crippen LogP contribution >= 0.6 is 0 Å². The van der Waals surface area contributed by atoms with E-state index in [4.69, 9.17) is 9.47 Å². The van der Waals surface area contributed by atoms with E-state index in [1.54, 1.807) is 0 Å².